The molecular formula is C16H25ClN2O. The fourth-order valence-corrected chi connectivity index (χ4v) is 2.85. The Morgan fingerprint density at radius 1 is 1.45 bits per heavy atom. The number of aryl methyl sites for hydroxylation is 1. The van der Waals surface area contributed by atoms with Crippen LogP contribution >= 0.6 is 12.4 Å². The van der Waals surface area contributed by atoms with Crippen LogP contribution in [0.2, 0.25) is 0 Å². The van der Waals surface area contributed by atoms with E-state index in [0.29, 0.717) is 6.42 Å². The summed E-state index contributed by atoms with van der Waals surface area (Å²) in [6.45, 7) is 6.30. The van der Waals surface area contributed by atoms with E-state index in [4.69, 9.17) is 5.73 Å². The third kappa shape index (κ3) is 3.74. The third-order valence-electron chi connectivity index (χ3n) is 4.00. The lowest BCUT2D eigenvalue weighted by Crippen LogP contribution is -2.42. The maximum Gasteiger partial charge on any atom is 0.222 e. The fraction of sp³-hybridized carbons (Fsp3) is 0.562. The number of benzene rings is 1. The van der Waals surface area contributed by atoms with E-state index in [2.05, 4.69) is 37.4 Å². The summed E-state index contributed by atoms with van der Waals surface area (Å²) in [5.74, 6) is 0.0461. The van der Waals surface area contributed by atoms with Gasteiger partial charge in [0.25, 0.3) is 0 Å². The molecule has 0 radical (unpaired) electrons. The first-order valence-corrected chi connectivity index (χ1v) is 7.03. The zero-order chi connectivity index (χ0) is 14.0. The van der Waals surface area contributed by atoms with E-state index >= 15 is 0 Å². The van der Waals surface area contributed by atoms with Gasteiger partial charge in [-0.15, -0.1) is 12.4 Å². The molecule has 112 valence electrons. The molecule has 0 aromatic heterocycles. The number of nitrogens with one attached hydrogen (secondary N) is 1. The fourth-order valence-electron chi connectivity index (χ4n) is 2.85. The quantitative estimate of drug-likeness (QED) is 0.901. The summed E-state index contributed by atoms with van der Waals surface area (Å²) in [5.41, 5.74) is 8.40. The van der Waals surface area contributed by atoms with Gasteiger partial charge in [-0.05, 0) is 36.3 Å². The Morgan fingerprint density at radius 3 is 2.75 bits per heavy atom. The van der Waals surface area contributed by atoms with Gasteiger partial charge in [0, 0.05) is 12.5 Å². The van der Waals surface area contributed by atoms with E-state index in [1.165, 1.54) is 11.1 Å². The Hall–Kier alpha value is -1.06. The highest BCUT2D eigenvalue weighted by Gasteiger charge is 2.36. The summed E-state index contributed by atoms with van der Waals surface area (Å²) in [4.78, 5) is 12.0. The lowest BCUT2D eigenvalue weighted by Gasteiger charge is -2.40. The van der Waals surface area contributed by atoms with Gasteiger partial charge in [-0.3, -0.25) is 4.79 Å². The number of carbonyl (C=O) groups excluding carboxylic acids is 1. The standard InChI is InChI=1S/C16H24N2O.ClH/c1-11(17)10-14(19)18-15-13-7-5-4-6-12(13)8-9-16(15,2)3;/h4-7,11,15H,8-10,17H2,1-3H3,(H,18,19);1H. The summed E-state index contributed by atoms with van der Waals surface area (Å²) in [6, 6.07) is 8.40. The molecule has 1 aliphatic rings. The number of nitrogens with two attached hydrogens (primary N) is 1. The molecule has 0 saturated carbocycles. The molecule has 1 amide bonds. The third-order valence-corrected chi connectivity index (χ3v) is 4.00. The Labute approximate surface area is 127 Å². The molecule has 3 nitrogen and oxygen atoms in total. The molecule has 4 heteroatoms. The summed E-state index contributed by atoms with van der Waals surface area (Å²) in [7, 11) is 0. The number of hydrogen-bond donors (Lipinski definition) is 2. The Morgan fingerprint density at radius 2 is 2.10 bits per heavy atom. The average molecular weight is 297 g/mol. The minimum atomic E-state index is -0.0954. The van der Waals surface area contributed by atoms with Crippen molar-refractivity contribution in [3.05, 3.63) is 35.4 Å². The molecule has 1 aromatic rings. The number of carbonyl (C=O) groups is 1. The van der Waals surface area contributed by atoms with E-state index in [0.717, 1.165) is 12.8 Å². The summed E-state index contributed by atoms with van der Waals surface area (Å²) < 4.78 is 0. The molecule has 0 spiro atoms. The minimum Gasteiger partial charge on any atom is -0.349 e. The molecule has 0 fully saturated rings. The van der Waals surface area contributed by atoms with Crippen LogP contribution in [0.1, 0.15) is 50.8 Å². The van der Waals surface area contributed by atoms with Crippen molar-refractivity contribution in [2.45, 2.75) is 52.1 Å². The second kappa shape index (κ2) is 6.59. The van der Waals surface area contributed by atoms with E-state index in [9.17, 15) is 4.79 Å². The van der Waals surface area contributed by atoms with Crippen molar-refractivity contribution in [2.24, 2.45) is 11.1 Å². The lowest BCUT2D eigenvalue weighted by atomic mass is 9.70. The van der Waals surface area contributed by atoms with Crippen LogP contribution in [0.5, 0.6) is 0 Å². The summed E-state index contributed by atoms with van der Waals surface area (Å²) >= 11 is 0. The zero-order valence-electron chi connectivity index (χ0n) is 12.5. The number of amides is 1. The summed E-state index contributed by atoms with van der Waals surface area (Å²) in [6.07, 6.45) is 2.56. The molecule has 0 saturated heterocycles. The van der Waals surface area contributed by atoms with Gasteiger partial charge in [-0.2, -0.15) is 0 Å². The molecular weight excluding hydrogens is 272 g/mol. The highest BCUT2D eigenvalue weighted by Crippen LogP contribution is 2.43. The first kappa shape index (κ1) is 17.0. The molecule has 0 aliphatic heterocycles. The topological polar surface area (TPSA) is 55.1 Å². The molecule has 2 rings (SSSR count). The number of halogens is 1. The van der Waals surface area contributed by atoms with Crippen molar-refractivity contribution in [2.75, 3.05) is 0 Å². The van der Waals surface area contributed by atoms with Crippen LogP contribution in [0.15, 0.2) is 24.3 Å². The van der Waals surface area contributed by atoms with E-state index in [1.807, 2.05) is 13.0 Å². The maximum atomic E-state index is 12.0. The van der Waals surface area contributed by atoms with E-state index in [1.54, 1.807) is 0 Å². The maximum absolute atomic E-state index is 12.0. The molecule has 3 N–H and O–H groups in total. The Balaban J connectivity index is 0.00000200. The molecule has 0 heterocycles. The van der Waals surface area contributed by atoms with Crippen molar-refractivity contribution in [3.8, 4) is 0 Å². The number of fused-ring (bicyclic) bond motifs is 1. The monoisotopic (exact) mass is 296 g/mol. The second-order valence-corrected chi connectivity index (χ2v) is 6.37. The second-order valence-electron chi connectivity index (χ2n) is 6.37. The number of rotatable bonds is 3. The average Bonchev–Trinajstić information content (AvgIpc) is 2.32. The van der Waals surface area contributed by atoms with Gasteiger partial charge in [0.05, 0.1) is 6.04 Å². The van der Waals surface area contributed by atoms with Gasteiger partial charge < -0.3 is 11.1 Å². The lowest BCUT2D eigenvalue weighted by molar-refractivity contribution is -0.123. The van der Waals surface area contributed by atoms with Crippen molar-refractivity contribution in [1.29, 1.82) is 0 Å². The molecule has 0 bridgehead atoms. The first-order valence-electron chi connectivity index (χ1n) is 7.03. The highest BCUT2D eigenvalue weighted by atomic mass is 35.5. The number of hydrogen-bond acceptors (Lipinski definition) is 2. The molecule has 2 unspecified atom stereocenters. The molecule has 20 heavy (non-hydrogen) atoms. The highest BCUT2D eigenvalue weighted by molar-refractivity contribution is 5.85. The van der Waals surface area contributed by atoms with E-state index < -0.39 is 0 Å². The minimum absolute atomic E-state index is 0. The normalized spacial score (nSPS) is 21.3. The Bertz CT molecular complexity index is 471. The predicted octanol–water partition coefficient (Wildman–Crippen LogP) is 2.98. The van der Waals surface area contributed by atoms with Gasteiger partial charge >= 0.3 is 0 Å². The van der Waals surface area contributed by atoms with Gasteiger partial charge in [0.1, 0.15) is 0 Å². The van der Waals surface area contributed by atoms with Crippen molar-refractivity contribution in [1.82, 2.24) is 5.32 Å². The van der Waals surface area contributed by atoms with Crippen LogP contribution in [0.3, 0.4) is 0 Å². The van der Waals surface area contributed by atoms with Crippen LogP contribution in [-0.2, 0) is 11.2 Å². The largest absolute Gasteiger partial charge is 0.349 e. The molecule has 1 aliphatic carbocycles. The van der Waals surface area contributed by atoms with Crippen LogP contribution in [0.25, 0.3) is 0 Å². The van der Waals surface area contributed by atoms with Crippen LogP contribution < -0.4 is 11.1 Å². The predicted molar refractivity (Wildman–Crippen MR) is 84.9 cm³/mol. The Kier molecular flexibility index (Phi) is 5.60. The van der Waals surface area contributed by atoms with E-state index in [-0.39, 0.29) is 35.8 Å². The van der Waals surface area contributed by atoms with Crippen molar-refractivity contribution in [3.63, 3.8) is 0 Å². The van der Waals surface area contributed by atoms with Gasteiger partial charge in [0.15, 0.2) is 0 Å². The van der Waals surface area contributed by atoms with Crippen molar-refractivity contribution < 1.29 is 4.79 Å². The SMILES string of the molecule is CC(N)CC(=O)NC1c2ccccc2CCC1(C)C.Cl. The smallest absolute Gasteiger partial charge is 0.222 e. The first-order chi connectivity index (χ1) is 8.90. The van der Waals surface area contributed by atoms with Crippen LogP contribution in [0.4, 0.5) is 0 Å². The van der Waals surface area contributed by atoms with Gasteiger partial charge in [-0.25, -0.2) is 0 Å². The van der Waals surface area contributed by atoms with Gasteiger partial charge in [0.2, 0.25) is 5.91 Å². The summed E-state index contributed by atoms with van der Waals surface area (Å²) in [5, 5.41) is 3.18. The molecule has 1 aromatic carbocycles. The van der Waals surface area contributed by atoms with Crippen molar-refractivity contribution >= 4 is 18.3 Å². The zero-order valence-corrected chi connectivity index (χ0v) is 13.3. The van der Waals surface area contributed by atoms with Crippen LogP contribution in [0, 0.1) is 5.41 Å². The molecule has 2 atom stereocenters. The van der Waals surface area contributed by atoms with Gasteiger partial charge in [-0.1, -0.05) is 38.1 Å². The van der Waals surface area contributed by atoms with Crippen LogP contribution in [-0.4, -0.2) is 11.9 Å².